The highest BCUT2D eigenvalue weighted by Gasteiger charge is 2.51. The predicted octanol–water partition coefficient (Wildman–Crippen LogP) is 2.61. The number of anilines is 2. The van der Waals surface area contributed by atoms with Crippen LogP contribution in [0.4, 0.5) is 24.8 Å². The minimum Gasteiger partial charge on any atom is -0.383 e. The van der Waals surface area contributed by atoms with Crippen molar-refractivity contribution in [2.75, 3.05) is 11.1 Å². The number of aromatic nitrogens is 5. The van der Waals surface area contributed by atoms with Crippen LogP contribution in [0, 0.1) is 0 Å². The Labute approximate surface area is 191 Å². The molecule has 0 unspecified atom stereocenters. The lowest BCUT2D eigenvalue weighted by atomic mass is 9.89. The van der Waals surface area contributed by atoms with E-state index in [0.717, 1.165) is 19.9 Å². The molecule has 0 atom stereocenters. The fraction of sp³-hybridized carbons (Fsp3) is 0.400. The zero-order chi connectivity index (χ0) is 25.4. The molecular formula is C20H23F3N8O3. The molecule has 5 N–H and O–H groups in total. The van der Waals surface area contributed by atoms with Crippen molar-refractivity contribution < 1.29 is 27.3 Å². The molecular weight excluding hydrogens is 457 g/mol. The van der Waals surface area contributed by atoms with Crippen LogP contribution in [0.1, 0.15) is 55.4 Å². The smallest absolute Gasteiger partial charge is 0.383 e. The predicted molar refractivity (Wildman–Crippen MR) is 114 cm³/mol. The molecule has 3 aromatic heterocycles. The van der Waals surface area contributed by atoms with Gasteiger partial charge in [0.1, 0.15) is 22.5 Å². The van der Waals surface area contributed by atoms with Gasteiger partial charge in [-0.25, -0.2) is 14.6 Å². The van der Waals surface area contributed by atoms with Gasteiger partial charge in [0.2, 0.25) is 5.91 Å². The van der Waals surface area contributed by atoms with Gasteiger partial charge in [-0.15, -0.1) is 0 Å². The average Bonchev–Trinajstić information content (AvgIpc) is 3.32. The number of amides is 2. The van der Waals surface area contributed by atoms with Gasteiger partial charge in [-0.05, 0) is 33.3 Å². The second kappa shape index (κ2) is 8.76. The van der Waals surface area contributed by atoms with E-state index >= 15 is 0 Å². The monoisotopic (exact) mass is 480 g/mol. The number of nitrogen functional groups attached to an aromatic ring is 1. The highest BCUT2D eigenvalue weighted by atomic mass is 19.4. The van der Waals surface area contributed by atoms with Crippen LogP contribution in [0.25, 0.3) is 11.5 Å². The molecule has 3 heterocycles. The molecule has 14 heteroatoms. The number of halogens is 3. The summed E-state index contributed by atoms with van der Waals surface area (Å²) in [5, 5.41) is 10.1. The number of nitrogens with one attached hydrogen (secondary N) is 1. The van der Waals surface area contributed by atoms with Crippen LogP contribution in [-0.2, 0) is 16.6 Å². The average molecular weight is 480 g/mol. The van der Waals surface area contributed by atoms with Crippen LogP contribution in [-0.4, -0.2) is 42.9 Å². The molecule has 3 aromatic rings. The first-order valence-electron chi connectivity index (χ1n) is 10.0. The normalized spacial score (nSPS) is 12.2. The number of carbonyl (C=O) groups is 2. The van der Waals surface area contributed by atoms with E-state index in [0.29, 0.717) is 5.56 Å². The van der Waals surface area contributed by atoms with Crippen molar-refractivity contribution in [3.63, 3.8) is 0 Å². The van der Waals surface area contributed by atoms with Gasteiger partial charge in [-0.1, -0.05) is 5.16 Å². The fourth-order valence-corrected chi connectivity index (χ4v) is 2.95. The van der Waals surface area contributed by atoms with Crippen molar-refractivity contribution in [3.05, 3.63) is 35.3 Å². The van der Waals surface area contributed by atoms with Gasteiger partial charge in [0.15, 0.2) is 17.4 Å². The Kier molecular flexibility index (Phi) is 6.35. The molecule has 0 aliphatic carbocycles. The third-order valence-corrected chi connectivity index (χ3v) is 5.07. The van der Waals surface area contributed by atoms with E-state index in [1.54, 1.807) is 0 Å². The molecule has 0 aliphatic heterocycles. The van der Waals surface area contributed by atoms with E-state index in [2.05, 4.69) is 25.5 Å². The van der Waals surface area contributed by atoms with Crippen molar-refractivity contribution in [1.82, 2.24) is 24.9 Å². The molecule has 0 radical (unpaired) electrons. The molecule has 0 bridgehead atoms. The molecule has 3 rings (SSSR count). The van der Waals surface area contributed by atoms with Gasteiger partial charge < -0.3 is 21.3 Å². The first-order valence-corrected chi connectivity index (χ1v) is 10.0. The van der Waals surface area contributed by atoms with Gasteiger partial charge in [0, 0.05) is 24.5 Å². The van der Waals surface area contributed by atoms with Gasteiger partial charge in [-0.3, -0.25) is 9.59 Å². The summed E-state index contributed by atoms with van der Waals surface area (Å²) in [7, 11) is 0. The Bertz CT molecular complexity index is 1210. The minimum absolute atomic E-state index is 0.0113. The topological polar surface area (TPSA) is 168 Å². The number of hydrogen-bond donors (Lipinski definition) is 3. The lowest BCUT2D eigenvalue weighted by Crippen LogP contribution is -2.35. The Balaban J connectivity index is 1.74. The summed E-state index contributed by atoms with van der Waals surface area (Å²) >= 11 is 0. The zero-order valence-corrected chi connectivity index (χ0v) is 18.8. The van der Waals surface area contributed by atoms with E-state index in [1.165, 1.54) is 17.1 Å². The Morgan fingerprint density at radius 2 is 1.82 bits per heavy atom. The SMILES string of the molecule is CC(C)n1nc(-c2ncc(CC(=O)Nc3cc(C(C)(C)C(F)(F)F)on3)cn2)c(C(N)=O)c1N. The number of hydrogen-bond acceptors (Lipinski definition) is 8. The third-order valence-electron chi connectivity index (χ3n) is 5.07. The zero-order valence-electron chi connectivity index (χ0n) is 18.8. The maximum absolute atomic E-state index is 13.1. The van der Waals surface area contributed by atoms with Crippen molar-refractivity contribution in [3.8, 4) is 11.5 Å². The van der Waals surface area contributed by atoms with E-state index in [-0.39, 0.29) is 41.2 Å². The molecule has 0 aliphatic rings. The van der Waals surface area contributed by atoms with Crippen molar-refractivity contribution in [1.29, 1.82) is 0 Å². The maximum Gasteiger partial charge on any atom is 0.401 e. The lowest BCUT2D eigenvalue weighted by Gasteiger charge is -2.24. The maximum atomic E-state index is 13.1. The van der Waals surface area contributed by atoms with E-state index in [4.69, 9.17) is 16.0 Å². The van der Waals surface area contributed by atoms with Crippen molar-refractivity contribution >= 4 is 23.5 Å². The standard InChI is InChI=1S/C20H23F3N8O3/c1-9(2)31-16(24)14(17(25)33)15(29-31)18-26-7-10(8-27-18)5-13(32)28-12-6-11(34-30-12)19(3,4)20(21,22)23/h6-9H,5,24H2,1-4H3,(H2,25,33)(H,28,30,32). The lowest BCUT2D eigenvalue weighted by molar-refractivity contribution is -0.185. The minimum atomic E-state index is -4.56. The Hall–Kier alpha value is -3.97. The quantitative estimate of drug-likeness (QED) is 0.464. The largest absolute Gasteiger partial charge is 0.401 e. The molecule has 182 valence electrons. The van der Waals surface area contributed by atoms with Crippen LogP contribution < -0.4 is 16.8 Å². The van der Waals surface area contributed by atoms with Crippen LogP contribution in [0.2, 0.25) is 0 Å². The molecule has 2 amide bonds. The third kappa shape index (κ3) is 4.70. The fourth-order valence-electron chi connectivity index (χ4n) is 2.95. The van der Waals surface area contributed by atoms with Gasteiger partial charge in [-0.2, -0.15) is 18.3 Å². The number of nitrogens with zero attached hydrogens (tertiary/aromatic N) is 5. The number of carbonyl (C=O) groups excluding carboxylic acids is 2. The van der Waals surface area contributed by atoms with E-state index in [9.17, 15) is 22.8 Å². The number of alkyl halides is 3. The number of rotatable bonds is 7. The van der Waals surface area contributed by atoms with Gasteiger partial charge in [0.05, 0.1) is 6.42 Å². The highest BCUT2D eigenvalue weighted by Crippen LogP contribution is 2.41. The molecule has 0 fully saturated rings. The summed E-state index contributed by atoms with van der Waals surface area (Å²) in [5.41, 5.74) is 9.62. The summed E-state index contributed by atoms with van der Waals surface area (Å²) < 4.78 is 45.6. The summed E-state index contributed by atoms with van der Waals surface area (Å²) in [5.74, 6) is -1.78. The molecule has 0 saturated heterocycles. The Morgan fingerprint density at radius 1 is 1.21 bits per heavy atom. The summed E-state index contributed by atoms with van der Waals surface area (Å²) in [6.07, 6.45) is -2.07. The van der Waals surface area contributed by atoms with Crippen LogP contribution >= 0.6 is 0 Å². The van der Waals surface area contributed by atoms with Gasteiger partial charge >= 0.3 is 6.18 Å². The first-order chi connectivity index (χ1) is 15.7. The highest BCUT2D eigenvalue weighted by molar-refractivity contribution is 6.02. The molecule has 11 nitrogen and oxygen atoms in total. The van der Waals surface area contributed by atoms with Crippen molar-refractivity contribution in [2.45, 2.75) is 51.7 Å². The molecule has 34 heavy (non-hydrogen) atoms. The number of nitrogens with two attached hydrogens (primary N) is 2. The summed E-state index contributed by atoms with van der Waals surface area (Å²) in [6.45, 7) is 5.53. The summed E-state index contributed by atoms with van der Waals surface area (Å²) in [4.78, 5) is 32.4. The number of primary amides is 1. The van der Waals surface area contributed by atoms with Crippen LogP contribution in [0.15, 0.2) is 23.0 Å². The summed E-state index contributed by atoms with van der Waals surface area (Å²) in [6, 6.07) is 0.875. The van der Waals surface area contributed by atoms with Crippen LogP contribution in [0.3, 0.4) is 0 Å². The molecule has 0 spiro atoms. The Morgan fingerprint density at radius 3 is 2.35 bits per heavy atom. The molecule has 0 saturated carbocycles. The van der Waals surface area contributed by atoms with E-state index in [1.807, 2.05) is 13.8 Å². The van der Waals surface area contributed by atoms with Crippen LogP contribution in [0.5, 0.6) is 0 Å². The first kappa shape index (κ1) is 24.7. The van der Waals surface area contributed by atoms with Gasteiger partial charge in [0.25, 0.3) is 5.91 Å². The van der Waals surface area contributed by atoms with E-state index < -0.39 is 29.2 Å². The second-order valence-corrected chi connectivity index (χ2v) is 8.35. The van der Waals surface area contributed by atoms with Crippen molar-refractivity contribution in [2.24, 2.45) is 5.73 Å². The molecule has 0 aromatic carbocycles. The second-order valence-electron chi connectivity index (χ2n) is 8.35.